The molecule has 1 aromatic rings. The van der Waals surface area contributed by atoms with E-state index < -0.39 is 11.9 Å². The minimum absolute atomic E-state index is 0.0781. The smallest absolute Gasteiger partial charge is 0.240 e. The molecule has 1 atom stereocenters. The number of carbonyl (C=O) groups excluding carboxylic acids is 2. The van der Waals surface area contributed by atoms with Crippen LogP contribution in [0.25, 0.3) is 0 Å². The second kappa shape index (κ2) is 15.2. The number of nitrogens with two attached hydrogens (primary N) is 1. The number of nitrogens with one attached hydrogen (secondary N) is 1. The van der Waals surface area contributed by atoms with E-state index in [0.717, 1.165) is 18.4 Å². The Bertz CT molecular complexity index is 516. The van der Waals surface area contributed by atoms with Crippen LogP contribution in [0.15, 0.2) is 30.3 Å². The van der Waals surface area contributed by atoms with Gasteiger partial charge in [-0.25, -0.2) is 0 Å². The number of unbranched alkanes of at least 4 members (excludes halogenated alkanes) is 10. The third-order valence-electron chi connectivity index (χ3n) is 4.97. The number of rotatable bonds is 16. The molecule has 4 heteroatoms. The van der Waals surface area contributed by atoms with E-state index in [1.807, 2.05) is 30.3 Å². The third-order valence-corrected chi connectivity index (χ3v) is 4.97. The van der Waals surface area contributed by atoms with Gasteiger partial charge in [0.05, 0.1) is 0 Å². The Labute approximate surface area is 165 Å². The first-order valence-corrected chi connectivity index (χ1v) is 10.8. The first-order chi connectivity index (χ1) is 13.1. The lowest BCUT2D eigenvalue weighted by atomic mass is 10.0. The minimum atomic E-state index is -0.632. The van der Waals surface area contributed by atoms with Gasteiger partial charge in [0.2, 0.25) is 11.8 Å². The lowest BCUT2D eigenvalue weighted by molar-refractivity contribution is -0.127. The van der Waals surface area contributed by atoms with Crippen LogP contribution < -0.4 is 11.1 Å². The van der Waals surface area contributed by atoms with E-state index in [2.05, 4.69) is 12.2 Å². The number of hydrogen-bond donors (Lipinski definition) is 2. The summed E-state index contributed by atoms with van der Waals surface area (Å²) < 4.78 is 0. The quantitative estimate of drug-likeness (QED) is 0.404. The lowest BCUT2D eigenvalue weighted by Crippen LogP contribution is -2.45. The molecule has 4 nitrogen and oxygen atoms in total. The highest BCUT2D eigenvalue weighted by Crippen LogP contribution is 2.12. The molecule has 0 fully saturated rings. The maximum atomic E-state index is 12.1. The molecule has 0 aliphatic heterocycles. The van der Waals surface area contributed by atoms with Crippen molar-refractivity contribution in [1.82, 2.24) is 5.32 Å². The highest BCUT2D eigenvalue weighted by atomic mass is 16.2. The largest absolute Gasteiger partial charge is 0.368 e. The van der Waals surface area contributed by atoms with E-state index in [1.54, 1.807) is 0 Å². The van der Waals surface area contributed by atoms with Gasteiger partial charge in [0.15, 0.2) is 0 Å². The Morgan fingerprint density at radius 2 is 1.37 bits per heavy atom. The molecule has 0 radical (unpaired) electrons. The van der Waals surface area contributed by atoms with Gasteiger partial charge in [-0.05, 0) is 12.0 Å². The van der Waals surface area contributed by atoms with Gasteiger partial charge in [-0.15, -0.1) is 0 Å². The molecule has 27 heavy (non-hydrogen) atoms. The first kappa shape index (κ1) is 23.2. The van der Waals surface area contributed by atoms with Gasteiger partial charge >= 0.3 is 0 Å². The average Bonchev–Trinajstić information content (AvgIpc) is 2.66. The lowest BCUT2D eigenvalue weighted by Gasteiger charge is -2.15. The number of benzene rings is 1. The van der Waals surface area contributed by atoms with Crippen LogP contribution in [0.4, 0.5) is 0 Å². The van der Waals surface area contributed by atoms with E-state index in [4.69, 9.17) is 5.73 Å². The van der Waals surface area contributed by atoms with Crippen molar-refractivity contribution >= 4 is 11.8 Å². The van der Waals surface area contributed by atoms with Crippen LogP contribution >= 0.6 is 0 Å². The monoisotopic (exact) mass is 374 g/mol. The van der Waals surface area contributed by atoms with Crippen molar-refractivity contribution in [3.63, 3.8) is 0 Å². The third kappa shape index (κ3) is 12.2. The molecule has 1 rings (SSSR count). The normalized spacial score (nSPS) is 11.9. The minimum Gasteiger partial charge on any atom is -0.368 e. The number of hydrogen-bond acceptors (Lipinski definition) is 2. The summed E-state index contributed by atoms with van der Waals surface area (Å²) in [5, 5.41) is 2.79. The Balaban J connectivity index is 2.07. The van der Waals surface area contributed by atoms with Gasteiger partial charge in [-0.2, -0.15) is 0 Å². The highest BCUT2D eigenvalue weighted by molar-refractivity contribution is 5.86. The summed E-state index contributed by atoms with van der Waals surface area (Å²) in [4.78, 5) is 23.7. The van der Waals surface area contributed by atoms with Crippen LogP contribution in [0, 0.1) is 0 Å². The number of amides is 2. The predicted octanol–water partition coefficient (Wildman–Crippen LogP) is 4.90. The molecule has 152 valence electrons. The van der Waals surface area contributed by atoms with E-state index in [1.165, 1.54) is 57.8 Å². The van der Waals surface area contributed by atoms with Crippen LogP contribution in [0.2, 0.25) is 0 Å². The Morgan fingerprint density at radius 3 is 1.89 bits per heavy atom. The average molecular weight is 375 g/mol. The maximum Gasteiger partial charge on any atom is 0.240 e. The zero-order valence-electron chi connectivity index (χ0n) is 17.1. The zero-order valence-corrected chi connectivity index (χ0v) is 17.1. The maximum absolute atomic E-state index is 12.1. The van der Waals surface area contributed by atoms with E-state index >= 15 is 0 Å². The molecular weight excluding hydrogens is 336 g/mol. The summed E-state index contributed by atoms with van der Waals surface area (Å²) >= 11 is 0. The predicted molar refractivity (Wildman–Crippen MR) is 112 cm³/mol. The van der Waals surface area contributed by atoms with Crippen LogP contribution in [0.1, 0.15) is 89.5 Å². The fourth-order valence-corrected chi connectivity index (χ4v) is 3.29. The molecule has 3 N–H and O–H groups in total. The molecule has 0 saturated heterocycles. The van der Waals surface area contributed by atoms with Crippen molar-refractivity contribution in [2.75, 3.05) is 0 Å². The van der Waals surface area contributed by atoms with Gasteiger partial charge < -0.3 is 11.1 Å². The van der Waals surface area contributed by atoms with E-state index in [9.17, 15) is 9.59 Å². The van der Waals surface area contributed by atoms with Gasteiger partial charge in [-0.3, -0.25) is 9.59 Å². The molecule has 0 aliphatic carbocycles. The van der Waals surface area contributed by atoms with Gasteiger partial charge in [0, 0.05) is 12.8 Å². The van der Waals surface area contributed by atoms with Crippen LogP contribution in [0.5, 0.6) is 0 Å². The van der Waals surface area contributed by atoms with E-state index in [-0.39, 0.29) is 5.91 Å². The SMILES string of the molecule is CCCCCCCCCCCCCC(=O)N[C@@H](Cc1ccccc1)C(N)=O. The summed E-state index contributed by atoms with van der Waals surface area (Å²) in [5.41, 5.74) is 6.44. The fraction of sp³-hybridized carbons (Fsp3) is 0.652. The van der Waals surface area contributed by atoms with Gasteiger partial charge in [0.25, 0.3) is 0 Å². The van der Waals surface area contributed by atoms with Crippen molar-refractivity contribution < 1.29 is 9.59 Å². The second-order valence-electron chi connectivity index (χ2n) is 7.50. The molecular formula is C23H38N2O2. The Kier molecular flexibility index (Phi) is 13.1. The summed E-state index contributed by atoms with van der Waals surface area (Å²) in [5.74, 6) is -0.559. The molecule has 0 bridgehead atoms. The van der Waals surface area contributed by atoms with Crippen molar-refractivity contribution in [2.45, 2.75) is 96.4 Å². The summed E-state index contributed by atoms with van der Waals surface area (Å²) in [6.07, 6.45) is 14.7. The van der Waals surface area contributed by atoms with E-state index in [0.29, 0.717) is 12.8 Å². The van der Waals surface area contributed by atoms with Crippen LogP contribution in [-0.2, 0) is 16.0 Å². The first-order valence-electron chi connectivity index (χ1n) is 10.8. The molecule has 0 saturated carbocycles. The molecule has 0 spiro atoms. The molecule has 2 amide bonds. The summed E-state index contributed by atoms with van der Waals surface area (Å²) in [6, 6.07) is 9.00. The summed E-state index contributed by atoms with van der Waals surface area (Å²) in [6.45, 7) is 2.25. The Morgan fingerprint density at radius 1 is 0.852 bits per heavy atom. The van der Waals surface area contributed by atoms with Gasteiger partial charge in [-0.1, -0.05) is 101 Å². The van der Waals surface area contributed by atoms with Crippen molar-refractivity contribution in [2.24, 2.45) is 5.73 Å². The zero-order chi connectivity index (χ0) is 19.7. The molecule has 0 aromatic heterocycles. The molecule has 1 aromatic carbocycles. The van der Waals surface area contributed by atoms with Crippen LogP contribution in [0.3, 0.4) is 0 Å². The standard InChI is InChI=1S/C23H38N2O2/c1-2-3-4-5-6-7-8-9-10-11-15-18-22(26)25-21(23(24)27)19-20-16-13-12-14-17-20/h12-14,16-17,21H,2-11,15,18-19H2,1H3,(H2,24,27)(H,25,26)/t21-/m0/s1. The summed E-state index contributed by atoms with van der Waals surface area (Å²) in [7, 11) is 0. The second-order valence-corrected chi connectivity index (χ2v) is 7.50. The van der Waals surface area contributed by atoms with Crippen molar-refractivity contribution in [3.05, 3.63) is 35.9 Å². The van der Waals surface area contributed by atoms with Crippen LogP contribution in [-0.4, -0.2) is 17.9 Å². The Hall–Kier alpha value is -1.84. The molecule has 0 heterocycles. The topological polar surface area (TPSA) is 72.2 Å². The highest BCUT2D eigenvalue weighted by Gasteiger charge is 2.18. The van der Waals surface area contributed by atoms with Crippen molar-refractivity contribution in [1.29, 1.82) is 0 Å². The molecule has 0 aliphatic rings. The fourth-order valence-electron chi connectivity index (χ4n) is 3.29. The number of primary amides is 1. The molecule has 0 unspecified atom stereocenters. The van der Waals surface area contributed by atoms with Crippen molar-refractivity contribution in [3.8, 4) is 0 Å². The number of carbonyl (C=O) groups is 2. The van der Waals surface area contributed by atoms with Gasteiger partial charge in [0.1, 0.15) is 6.04 Å².